The molecule has 2 saturated heterocycles. The standard InChI is InChI=1S/C25H32N6O2/c1-25(2,3)33-24(32)31-13-5-7-21(31)23-28-15-20(30-23)17-10-8-16(9-11-17)19-14-27-22(29-19)18-6-4-12-26-18/h8-11,14-15,18,21,26H,4-7,12-13H2,1-3H3,(H,27,29)(H,28,30)/p+1. The van der Waals surface area contributed by atoms with E-state index in [1.165, 1.54) is 19.4 Å². The van der Waals surface area contributed by atoms with Gasteiger partial charge in [-0.2, -0.15) is 0 Å². The highest BCUT2D eigenvalue weighted by Crippen LogP contribution is 2.33. The maximum Gasteiger partial charge on any atom is 0.410 e. The highest BCUT2D eigenvalue weighted by atomic mass is 16.6. The Morgan fingerprint density at radius 2 is 1.64 bits per heavy atom. The summed E-state index contributed by atoms with van der Waals surface area (Å²) in [7, 11) is 0. The molecule has 1 amide bonds. The number of likely N-dealkylation sites (tertiary alicyclic amines) is 1. The third-order valence-corrected chi connectivity index (χ3v) is 6.42. The smallest absolute Gasteiger partial charge is 0.410 e. The van der Waals surface area contributed by atoms with Gasteiger partial charge in [0.05, 0.1) is 36.4 Å². The largest absolute Gasteiger partial charge is 0.444 e. The molecule has 33 heavy (non-hydrogen) atoms. The number of quaternary nitrogens is 1. The molecule has 3 aromatic rings. The zero-order valence-corrected chi connectivity index (χ0v) is 19.6. The van der Waals surface area contributed by atoms with Crippen LogP contribution in [0, 0.1) is 0 Å². The summed E-state index contributed by atoms with van der Waals surface area (Å²) in [6.07, 6.45) is 7.75. The van der Waals surface area contributed by atoms with E-state index in [4.69, 9.17) is 4.74 Å². The number of nitrogens with two attached hydrogens (primary N) is 1. The van der Waals surface area contributed by atoms with Gasteiger partial charge in [-0.3, -0.25) is 4.90 Å². The van der Waals surface area contributed by atoms with E-state index < -0.39 is 5.60 Å². The number of rotatable bonds is 4. The molecular formula is C25H33N6O2+. The van der Waals surface area contributed by atoms with Gasteiger partial charge in [-0.15, -0.1) is 0 Å². The molecule has 0 saturated carbocycles. The topological polar surface area (TPSA) is 104 Å². The van der Waals surface area contributed by atoms with Gasteiger partial charge in [0.1, 0.15) is 17.5 Å². The summed E-state index contributed by atoms with van der Waals surface area (Å²) >= 11 is 0. The van der Waals surface area contributed by atoms with Gasteiger partial charge in [0.2, 0.25) is 0 Å². The molecule has 8 nitrogen and oxygen atoms in total. The fourth-order valence-corrected chi connectivity index (χ4v) is 4.77. The van der Waals surface area contributed by atoms with Crippen molar-refractivity contribution in [2.45, 2.75) is 64.1 Å². The van der Waals surface area contributed by atoms with E-state index in [1.54, 1.807) is 4.90 Å². The van der Waals surface area contributed by atoms with Gasteiger partial charge in [-0.25, -0.2) is 14.8 Å². The average Bonchev–Trinajstić information content (AvgIpc) is 3.58. The predicted octanol–water partition coefficient (Wildman–Crippen LogP) is 3.94. The third kappa shape index (κ3) is 4.66. The molecule has 0 aliphatic carbocycles. The Bertz CT molecular complexity index is 1100. The second-order valence-electron chi connectivity index (χ2n) is 10.0. The first-order valence-electron chi connectivity index (χ1n) is 11.9. The summed E-state index contributed by atoms with van der Waals surface area (Å²) < 4.78 is 5.59. The molecule has 0 radical (unpaired) electrons. The van der Waals surface area contributed by atoms with Crippen LogP contribution in [0.5, 0.6) is 0 Å². The van der Waals surface area contributed by atoms with Gasteiger partial charge in [0.25, 0.3) is 0 Å². The van der Waals surface area contributed by atoms with E-state index in [-0.39, 0.29) is 12.1 Å². The van der Waals surface area contributed by atoms with Crippen molar-refractivity contribution >= 4 is 6.09 Å². The summed E-state index contributed by atoms with van der Waals surface area (Å²) in [4.78, 5) is 30.6. The van der Waals surface area contributed by atoms with E-state index in [1.807, 2.05) is 33.2 Å². The molecular weight excluding hydrogens is 416 g/mol. The van der Waals surface area contributed by atoms with Crippen LogP contribution in [-0.4, -0.2) is 49.6 Å². The molecule has 2 unspecified atom stereocenters. The van der Waals surface area contributed by atoms with Gasteiger partial charge >= 0.3 is 6.09 Å². The Morgan fingerprint density at radius 1 is 1.00 bits per heavy atom. The SMILES string of the molecule is CC(C)(C)OC(=O)N1CCCC1c1ncc(-c2ccc(-c3cnc(C4CCC[NH2+]4)[nH]3)cc2)[nH]1. The monoisotopic (exact) mass is 449 g/mol. The lowest BCUT2D eigenvalue weighted by Gasteiger charge is -2.27. The number of nitrogens with one attached hydrogen (secondary N) is 2. The van der Waals surface area contributed by atoms with E-state index in [0.29, 0.717) is 12.6 Å². The molecule has 2 aliphatic heterocycles. The number of carbonyl (C=O) groups is 1. The highest BCUT2D eigenvalue weighted by Gasteiger charge is 2.34. The number of nitrogens with zero attached hydrogens (tertiary/aromatic N) is 3. The van der Waals surface area contributed by atoms with Crippen LogP contribution < -0.4 is 5.32 Å². The van der Waals surface area contributed by atoms with Gasteiger partial charge in [0.15, 0.2) is 5.82 Å². The number of benzene rings is 1. The number of imidazole rings is 2. The number of hydrogen-bond acceptors (Lipinski definition) is 4. The maximum atomic E-state index is 12.6. The van der Waals surface area contributed by atoms with Gasteiger partial charge in [-0.1, -0.05) is 24.3 Å². The van der Waals surface area contributed by atoms with Crippen LogP contribution >= 0.6 is 0 Å². The van der Waals surface area contributed by atoms with Gasteiger partial charge < -0.3 is 20.0 Å². The molecule has 2 aliphatic rings. The molecule has 2 aromatic heterocycles. The van der Waals surface area contributed by atoms with E-state index in [9.17, 15) is 4.79 Å². The van der Waals surface area contributed by atoms with Crippen LogP contribution in [0.3, 0.4) is 0 Å². The molecule has 2 atom stereocenters. The molecule has 0 bridgehead atoms. The predicted molar refractivity (Wildman–Crippen MR) is 125 cm³/mol. The molecule has 2 fully saturated rings. The first kappa shape index (κ1) is 21.7. The van der Waals surface area contributed by atoms with Crippen molar-refractivity contribution in [2.24, 2.45) is 0 Å². The lowest BCUT2D eigenvalue weighted by molar-refractivity contribution is -0.677. The van der Waals surface area contributed by atoms with Crippen LogP contribution in [0.2, 0.25) is 0 Å². The number of amides is 1. The Kier molecular flexibility index (Phi) is 5.70. The van der Waals surface area contributed by atoms with E-state index >= 15 is 0 Å². The quantitative estimate of drug-likeness (QED) is 0.561. The highest BCUT2D eigenvalue weighted by molar-refractivity contribution is 5.69. The lowest BCUT2D eigenvalue weighted by atomic mass is 10.1. The van der Waals surface area contributed by atoms with Crippen molar-refractivity contribution in [3.05, 3.63) is 48.3 Å². The molecule has 174 valence electrons. The van der Waals surface area contributed by atoms with E-state index in [0.717, 1.165) is 47.0 Å². The zero-order chi connectivity index (χ0) is 23.0. The second-order valence-corrected chi connectivity index (χ2v) is 10.0. The zero-order valence-electron chi connectivity index (χ0n) is 19.6. The van der Waals surface area contributed by atoms with Gasteiger partial charge in [-0.05, 0) is 44.7 Å². The fourth-order valence-electron chi connectivity index (χ4n) is 4.77. The summed E-state index contributed by atoms with van der Waals surface area (Å²) in [5.41, 5.74) is 3.65. The van der Waals surface area contributed by atoms with Crippen molar-refractivity contribution in [2.75, 3.05) is 13.1 Å². The first-order chi connectivity index (χ1) is 15.9. The number of aromatic amines is 2. The second kappa shape index (κ2) is 8.67. The number of aromatic nitrogens is 4. The summed E-state index contributed by atoms with van der Waals surface area (Å²) in [6.45, 7) is 7.54. The summed E-state index contributed by atoms with van der Waals surface area (Å²) in [5, 5.41) is 2.36. The minimum absolute atomic E-state index is 0.0799. The van der Waals surface area contributed by atoms with Crippen molar-refractivity contribution < 1.29 is 14.8 Å². The van der Waals surface area contributed by atoms with Crippen molar-refractivity contribution in [3.63, 3.8) is 0 Å². The Labute approximate surface area is 194 Å². The van der Waals surface area contributed by atoms with E-state index in [2.05, 4.69) is 49.5 Å². The Balaban J connectivity index is 1.29. The lowest BCUT2D eigenvalue weighted by Crippen LogP contribution is -2.82. The third-order valence-electron chi connectivity index (χ3n) is 6.42. The van der Waals surface area contributed by atoms with Crippen LogP contribution in [0.4, 0.5) is 4.79 Å². The molecule has 8 heteroatoms. The minimum atomic E-state index is -0.509. The van der Waals surface area contributed by atoms with Crippen molar-refractivity contribution in [1.82, 2.24) is 24.8 Å². The molecule has 0 spiro atoms. The fraction of sp³-hybridized carbons (Fsp3) is 0.480. The Hall–Kier alpha value is -3.13. The van der Waals surface area contributed by atoms with Crippen LogP contribution in [0.25, 0.3) is 22.5 Å². The van der Waals surface area contributed by atoms with Crippen molar-refractivity contribution in [3.8, 4) is 22.5 Å². The molecule has 5 rings (SSSR count). The van der Waals surface area contributed by atoms with Crippen LogP contribution in [0.15, 0.2) is 36.7 Å². The summed E-state index contributed by atoms with van der Waals surface area (Å²) in [5.74, 6) is 1.87. The molecule has 4 N–H and O–H groups in total. The molecule has 1 aromatic carbocycles. The Morgan fingerprint density at radius 3 is 2.24 bits per heavy atom. The normalized spacial score (nSPS) is 21.0. The molecule has 4 heterocycles. The average molecular weight is 450 g/mol. The van der Waals surface area contributed by atoms with Crippen molar-refractivity contribution in [1.29, 1.82) is 0 Å². The van der Waals surface area contributed by atoms with Crippen LogP contribution in [0.1, 0.15) is 70.2 Å². The first-order valence-corrected chi connectivity index (χ1v) is 11.9. The maximum absolute atomic E-state index is 12.6. The van der Waals surface area contributed by atoms with Crippen LogP contribution in [-0.2, 0) is 4.74 Å². The number of H-pyrrole nitrogens is 2. The number of carbonyl (C=O) groups excluding carboxylic acids is 1. The summed E-state index contributed by atoms with van der Waals surface area (Å²) in [6, 6.07) is 8.77. The minimum Gasteiger partial charge on any atom is -0.444 e. The number of hydrogen-bond donors (Lipinski definition) is 3. The number of ether oxygens (including phenoxy) is 1. The van der Waals surface area contributed by atoms with Gasteiger partial charge in [0, 0.05) is 19.4 Å².